The molecular weight excluding hydrogens is 794 g/mol. The molecule has 3 nitrogen and oxygen atoms in total. The molecular formula is C59H58BN3S. The second-order valence-corrected chi connectivity index (χ2v) is 22.8. The van der Waals surface area contributed by atoms with Gasteiger partial charge < -0.3 is 14.7 Å². The van der Waals surface area contributed by atoms with E-state index in [1.165, 1.54) is 107 Å². The van der Waals surface area contributed by atoms with Gasteiger partial charge in [0, 0.05) is 55.0 Å². The molecule has 64 heavy (non-hydrogen) atoms. The van der Waals surface area contributed by atoms with Gasteiger partial charge in [0.05, 0.1) is 21.6 Å². The Morgan fingerprint density at radius 1 is 0.578 bits per heavy atom. The van der Waals surface area contributed by atoms with E-state index in [0.717, 1.165) is 17.8 Å². The highest BCUT2D eigenvalue weighted by Crippen LogP contribution is 2.63. The van der Waals surface area contributed by atoms with Crippen molar-refractivity contribution in [1.29, 1.82) is 0 Å². The Morgan fingerprint density at radius 3 is 1.92 bits per heavy atom. The van der Waals surface area contributed by atoms with Crippen LogP contribution in [0.4, 0.5) is 45.5 Å². The molecule has 0 amide bonds. The molecule has 1 saturated carbocycles. The summed E-state index contributed by atoms with van der Waals surface area (Å²) in [6.45, 7) is 21.8. The maximum absolute atomic E-state index is 2.90. The average Bonchev–Trinajstić information content (AvgIpc) is 3.76. The minimum absolute atomic E-state index is 0.00983. The normalized spacial score (nSPS) is 19.7. The Labute approximate surface area is 384 Å². The van der Waals surface area contributed by atoms with Crippen LogP contribution in [0.15, 0.2) is 140 Å². The average molecular weight is 852 g/mol. The number of hydrogen-bond donors (Lipinski definition) is 0. The number of fused-ring (bicyclic) bond motifs is 11. The van der Waals surface area contributed by atoms with E-state index < -0.39 is 0 Å². The maximum atomic E-state index is 2.90. The standard InChI is InChI=1S/C59H58BN3S/c1-37-32-38(56(2,3)4)26-29-48(37)62-49-35-42(61(40-20-12-10-13-21-40)41-22-14-11-15-23-41)36-50-52(49)60(46-28-27-44-43-24-16-17-25-51(43)64-55(44)54(46)62)47-34-39(57(5,6)7)33-45-53(47)63(50)59(9)31-19-18-30-58(45,59)8/h10-17,20-29,32-36H,18-19,30-31H2,1-9H3. The van der Waals surface area contributed by atoms with Crippen LogP contribution in [0.5, 0.6) is 0 Å². The van der Waals surface area contributed by atoms with Crippen LogP contribution in [0.25, 0.3) is 20.2 Å². The number of anilines is 8. The molecule has 3 aliphatic heterocycles. The highest BCUT2D eigenvalue weighted by molar-refractivity contribution is 7.26. The summed E-state index contributed by atoms with van der Waals surface area (Å²) in [5.74, 6) is 0. The summed E-state index contributed by atoms with van der Waals surface area (Å²) in [6, 6.07) is 53.7. The van der Waals surface area contributed by atoms with Crippen molar-refractivity contribution in [3.63, 3.8) is 0 Å². The first-order valence-corrected chi connectivity index (χ1v) is 24.4. The molecule has 1 fully saturated rings. The third kappa shape index (κ3) is 5.46. The van der Waals surface area contributed by atoms with E-state index >= 15 is 0 Å². The highest BCUT2D eigenvalue weighted by Gasteiger charge is 2.61. The monoisotopic (exact) mass is 851 g/mol. The van der Waals surface area contributed by atoms with E-state index in [-0.39, 0.29) is 28.5 Å². The molecule has 0 saturated heterocycles. The number of thiophene rings is 1. The lowest BCUT2D eigenvalue weighted by Crippen LogP contribution is -2.64. The van der Waals surface area contributed by atoms with Gasteiger partial charge in [-0.3, -0.25) is 0 Å². The van der Waals surface area contributed by atoms with Crippen LogP contribution in [0.1, 0.15) is 103 Å². The minimum Gasteiger partial charge on any atom is -0.335 e. The van der Waals surface area contributed by atoms with Crippen molar-refractivity contribution in [1.82, 2.24) is 0 Å². The van der Waals surface area contributed by atoms with Crippen LogP contribution >= 0.6 is 11.3 Å². The molecule has 5 heteroatoms. The Morgan fingerprint density at radius 2 is 1.23 bits per heavy atom. The van der Waals surface area contributed by atoms with Crippen LogP contribution in [0, 0.1) is 6.92 Å². The number of rotatable bonds is 4. The van der Waals surface area contributed by atoms with Gasteiger partial charge in [-0.2, -0.15) is 0 Å². The lowest BCUT2D eigenvalue weighted by molar-refractivity contribution is 0.195. The molecule has 4 heterocycles. The fourth-order valence-corrected chi connectivity index (χ4v) is 13.6. The van der Waals surface area contributed by atoms with E-state index in [4.69, 9.17) is 0 Å². The van der Waals surface area contributed by atoms with Crippen molar-refractivity contribution in [2.45, 2.75) is 110 Å². The van der Waals surface area contributed by atoms with Gasteiger partial charge in [0.25, 0.3) is 6.71 Å². The molecule has 8 aromatic rings. The molecule has 4 aliphatic rings. The summed E-state index contributed by atoms with van der Waals surface area (Å²) in [5, 5.41) is 2.67. The number of para-hydroxylation sites is 2. The van der Waals surface area contributed by atoms with Gasteiger partial charge in [0.2, 0.25) is 0 Å². The van der Waals surface area contributed by atoms with Crippen LogP contribution < -0.4 is 31.1 Å². The van der Waals surface area contributed by atoms with E-state index in [2.05, 4.69) is 217 Å². The predicted molar refractivity (Wildman–Crippen MR) is 278 cm³/mol. The molecule has 2 unspecified atom stereocenters. The summed E-state index contributed by atoms with van der Waals surface area (Å²) in [4.78, 5) is 8.10. The Kier molecular flexibility index (Phi) is 8.47. The SMILES string of the molecule is Cc1cc(C(C)(C)C)ccc1N1c2cc(N(c3ccccc3)c3ccccc3)cc3c2B(c2cc(C(C)(C)C)cc4c2N3C2(C)CCCCC42C)c2ccc3c(sc4ccccc43)c21. The van der Waals surface area contributed by atoms with Gasteiger partial charge in [0.15, 0.2) is 0 Å². The number of hydrogen-bond acceptors (Lipinski definition) is 4. The number of nitrogens with zero attached hydrogens (tertiary/aromatic N) is 3. The van der Waals surface area contributed by atoms with Crippen molar-refractivity contribution in [3.05, 3.63) is 162 Å². The van der Waals surface area contributed by atoms with Gasteiger partial charge in [-0.15, -0.1) is 11.3 Å². The zero-order chi connectivity index (χ0) is 44.1. The first-order chi connectivity index (χ1) is 30.7. The van der Waals surface area contributed by atoms with Crippen LogP contribution in [0.3, 0.4) is 0 Å². The summed E-state index contributed by atoms with van der Waals surface area (Å²) in [5.41, 5.74) is 20.0. The van der Waals surface area contributed by atoms with Crippen molar-refractivity contribution in [3.8, 4) is 0 Å². The van der Waals surface area contributed by atoms with E-state index in [1.807, 2.05) is 11.3 Å². The summed E-state index contributed by atoms with van der Waals surface area (Å²) in [6.07, 6.45) is 4.85. The number of aryl methyl sites for hydroxylation is 1. The molecule has 0 bridgehead atoms. The lowest BCUT2D eigenvalue weighted by Gasteiger charge is -2.53. The van der Waals surface area contributed by atoms with Gasteiger partial charge in [-0.1, -0.05) is 152 Å². The van der Waals surface area contributed by atoms with Gasteiger partial charge in [-0.05, 0) is 125 Å². The molecule has 0 N–H and O–H groups in total. The van der Waals surface area contributed by atoms with Crippen LogP contribution in [0.2, 0.25) is 0 Å². The van der Waals surface area contributed by atoms with Crippen LogP contribution in [-0.2, 0) is 16.2 Å². The fourth-order valence-electron chi connectivity index (χ4n) is 12.4. The summed E-state index contributed by atoms with van der Waals surface area (Å²) >= 11 is 1.96. The first kappa shape index (κ1) is 39.8. The smallest absolute Gasteiger partial charge is 0.252 e. The fraction of sp³-hybridized carbons (Fsp3) is 0.288. The van der Waals surface area contributed by atoms with E-state index in [0.29, 0.717) is 0 Å². The maximum Gasteiger partial charge on any atom is 0.252 e. The minimum atomic E-state index is -0.106. The largest absolute Gasteiger partial charge is 0.335 e. The molecule has 12 rings (SSSR count). The molecule has 318 valence electrons. The third-order valence-corrected chi connectivity index (χ3v) is 17.2. The molecule has 0 spiro atoms. The van der Waals surface area contributed by atoms with Crippen molar-refractivity contribution < 1.29 is 0 Å². The number of benzene rings is 7. The third-order valence-electron chi connectivity index (χ3n) is 16.0. The summed E-state index contributed by atoms with van der Waals surface area (Å²) < 4.78 is 2.69. The van der Waals surface area contributed by atoms with Crippen LogP contribution in [-0.4, -0.2) is 12.3 Å². The molecule has 2 atom stereocenters. The second-order valence-electron chi connectivity index (χ2n) is 21.8. The van der Waals surface area contributed by atoms with Gasteiger partial charge in [-0.25, -0.2) is 0 Å². The van der Waals surface area contributed by atoms with Gasteiger partial charge >= 0.3 is 0 Å². The van der Waals surface area contributed by atoms with Crippen molar-refractivity contribution in [2.75, 3.05) is 14.7 Å². The zero-order valence-electron chi connectivity index (χ0n) is 38.9. The topological polar surface area (TPSA) is 9.72 Å². The lowest BCUT2D eigenvalue weighted by atomic mass is 9.33. The van der Waals surface area contributed by atoms with E-state index in [1.54, 1.807) is 5.56 Å². The Bertz CT molecular complexity index is 3170. The molecule has 7 aromatic carbocycles. The molecule has 1 aliphatic carbocycles. The molecule has 0 radical (unpaired) electrons. The quantitative estimate of drug-likeness (QED) is 0.163. The van der Waals surface area contributed by atoms with Gasteiger partial charge in [0.1, 0.15) is 0 Å². The van der Waals surface area contributed by atoms with Crippen molar-refractivity contribution >= 4 is 100 Å². The first-order valence-electron chi connectivity index (χ1n) is 23.6. The second kappa shape index (κ2) is 13.6. The van der Waals surface area contributed by atoms with E-state index in [9.17, 15) is 0 Å². The Hall–Kier alpha value is -5.78. The predicted octanol–water partition coefficient (Wildman–Crippen LogP) is 14.8. The highest BCUT2D eigenvalue weighted by atomic mass is 32.1. The molecule has 1 aromatic heterocycles. The zero-order valence-corrected chi connectivity index (χ0v) is 39.8. The van der Waals surface area contributed by atoms with Crippen molar-refractivity contribution in [2.24, 2.45) is 0 Å². The summed E-state index contributed by atoms with van der Waals surface area (Å²) in [7, 11) is 0. The Balaban J connectivity index is 1.27.